The third-order valence-electron chi connectivity index (χ3n) is 10.3. The molecule has 0 fully saturated rings. The lowest BCUT2D eigenvalue weighted by molar-refractivity contribution is -0.145. The second kappa shape index (κ2) is 11.8. The average Bonchev–Trinajstić information content (AvgIpc) is 3.46. The van der Waals surface area contributed by atoms with Gasteiger partial charge in [0.15, 0.2) is 5.60 Å². The molecule has 8 rings (SSSR count). The zero-order valence-corrected chi connectivity index (χ0v) is 28.6. The summed E-state index contributed by atoms with van der Waals surface area (Å²) in [5.74, 6) is 2.30. The Bertz CT molecular complexity index is 2290. The minimum atomic E-state index is -1.16. The van der Waals surface area contributed by atoms with E-state index >= 15 is 0 Å². The highest BCUT2D eigenvalue weighted by Gasteiger charge is 2.51. The normalized spacial score (nSPS) is 16.5. The molecule has 50 heavy (non-hydrogen) atoms. The molecule has 0 saturated heterocycles. The van der Waals surface area contributed by atoms with Crippen molar-refractivity contribution < 1.29 is 28.5 Å². The van der Waals surface area contributed by atoms with Gasteiger partial charge in [-0.2, -0.15) is 0 Å². The van der Waals surface area contributed by atoms with Gasteiger partial charge in [-0.3, -0.25) is 4.79 Å². The summed E-state index contributed by atoms with van der Waals surface area (Å²) in [5, 5.41) is 1.79. The first-order chi connectivity index (χ1) is 24.4. The standard InChI is InChI=1S/C44H36O6/c1-43(42(45)49-5)36-25-28(27-13-7-6-8-14-27)19-21-31(36)39-33-26-29(46-2)20-22-30(33)41-32(40(39)43)23-24-44(50-41,34-15-9-11-17-37(34)47-3)35-16-10-12-18-38(35)48-4/h6-26H,1-5H3. The van der Waals surface area contributed by atoms with Gasteiger partial charge in [0.25, 0.3) is 0 Å². The second-order valence-electron chi connectivity index (χ2n) is 12.7. The molecule has 6 aromatic carbocycles. The molecule has 1 heterocycles. The van der Waals surface area contributed by atoms with E-state index in [1.165, 1.54) is 7.11 Å². The summed E-state index contributed by atoms with van der Waals surface area (Å²) in [6.07, 6.45) is 4.14. The lowest BCUT2D eigenvalue weighted by Crippen LogP contribution is -2.37. The molecule has 1 aliphatic carbocycles. The van der Waals surface area contributed by atoms with Crippen LogP contribution in [0.25, 0.3) is 39.1 Å². The van der Waals surface area contributed by atoms with Crippen LogP contribution in [-0.4, -0.2) is 34.4 Å². The van der Waals surface area contributed by atoms with E-state index < -0.39 is 11.0 Å². The number of ether oxygens (including phenoxy) is 5. The number of hydrogen-bond donors (Lipinski definition) is 0. The molecule has 1 aliphatic heterocycles. The zero-order chi connectivity index (χ0) is 34.6. The molecule has 0 aromatic heterocycles. The molecule has 2 aliphatic rings. The van der Waals surface area contributed by atoms with Crippen molar-refractivity contribution in [3.63, 3.8) is 0 Å². The van der Waals surface area contributed by atoms with E-state index in [-0.39, 0.29) is 5.97 Å². The van der Waals surface area contributed by atoms with Crippen molar-refractivity contribution in [3.8, 4) is 45.3 Å². The summed E-state index contributed by atoms with van der Waals surface area (Å²) in [7, 11) is 6.43. The molecular weight excluding hydrogens is 624 g/mol. The van der Waals surface area contributed by atoms with E-state index in [2.05, 4.69) is 42.5 Å². The van der Waals surface area contributed by atoms with Crippen LogP contribution in [0.4, 0.5) is 0 Å². The van der Waals surface area contributed by atoms with Crippen LogP contribution in [0.2, 0.25) is 0 Å². The number of hydrogen-bond acceptors (Lipinski definition) is 6. The van der Waals surface area contributed by atoms with Gasteiger partial charge < -0.3 is 23.7 Å². The van der Waals surface area contributed by atoms with Gasteiger partial charge in [-0.05, 0) is 88.2 Å². The van der Waals surface area contributed by atoms with Crippen molar-refractivity contribution in [3.05, 3.63) is 149 Å². The Balaban J connectivity index is 1.48. The van der Waals surface area contributed by atoms with Crippen LogP contribution < -0.4 is 18.9 Å². The van der Waals surface area contributed by atoms with Crippen molar-refractivity contribution in [2.75, 3.05) is 28.4 Å². The maximum atomic E-state index is 14.2. The van der Waals surface area contributed by atoms with Gasteiger partial charge in [0, 0.05) is 22.1 Å². The quantitative estimate of drug-likeness (QED) is 0.159. The molecule has 248 valence electrons. The Kier molecular flexibility index (Phi) is 7.41. The molecule has 6 nitrogen and oxygen atoms in total. The van der Waals surface area contributed by atoms with Crippen LogP contribution in [0.15, 0.2) is 121 Å². The van der Waals surface area contributed by atoms with Crippen LogP contribution in [0, 0.1) is 0 Å². The lowest BCUT2D eigenvalue weighted by atomic mass is 9.75. The van der Waals surface area contributed by atoms with Gasteiger partial charge in [-0.15, -0.1) is 0 Å². The van der Waals surface area contributed by atoms with Crippen molar-refractivity contribution in [1.82, 2.24) is 0 Å². The summed E-state index contributed by atoms with van der Waals surface area (Å²) in [6, 6.07) is 38.3. The van der Waals surface area contributed by atoms with Gasteiger partial charge in [0.1, 0.15) is 28.4 Å². The second-order valence-corrected chi connectivity index (χ2v) is 12.7. The van der Waals surface area contributed by atoms with Crippen LogP contribution in [-0.2, 0) is 20.5 Å². The first-order valence-corrected chi connectivity index (χ1v) is 16.5. The first kappa shape index (κ1) is 31.3. The number of carbonyl (C=O) groups is 1. The summed E-state index contributed by atoms with van der Waals surface area (Å²) < 4.78 is 30.7. The highest BCUT2D eigenvalue weighted by atomic mass is 16.5. The molecule has 1 atom stereocenters. The van der Waals surface area contributed by atoms with Gasteiger partial charge in [-0.25, -0.2) is 0 Å². The minimum absolute atomic E-state index is 0.355. The number of rotatable bonds is 7. The summed E-state index contributed by atoms with van der Waals surface area (Å²) in [4.78, 5) is 14.2. The zero-order valence-electron chi connectivity index (χ0n) is 28.6. The topological polar surface area (TPSA) is 63.2 Å². The molecule has 0 radical (unpaired) electrons. The summed E-state index contributed by atoms with van der Waals surface area (Å²) >= 11 is 0. The lowest BCUT2D eigenvalue weighted by Gasteiger charge is -2.39. The minimum Gasteiger partial charge on any atom is -0.497 e. The Labute approximate surface area is 291 Å². The first-order valence-electron chi connectivity index (χ1n) is 16.5. The fourth-order valence-corrected chi connectivity index (χ4v) is 7.92. The summed E-state index contributed by atoms with van der Waals surface area (Å²) in [5.41, 5.74) is 5.81. The van der Waals surface area contributed by atoms with Crippen molar-refractivity contribution >= 4 is 22.8 Å². The number of para-hydroxylation sites is 2. The van der Waals surface area contributed by atoms with Gasteiger partial charge >= 0.3 is 5.97 Å². The third-order valence-corrected chi connectivity index (χ3v) is 10.3. The Morgan fingerprint density at radius 1 is 0.640 bits per heavy atom. The van der Waals surface area contributed by atoms with Crippen molar-refractivity contribution in [2.24, 2.45) is 0 Å². The van der Waals surface area contributed by atoms with Gasteiger partial charge in [0.05, 0.1) is 28.4 Å². The van der Waals surface area contributed by atoms with E-state index in [0.717, 1.165) is 60.8 Å². The van der Waals surface area contributed by atoms with Crippen molar-refractivity contribution in [1.29, 1.82) is 0 Å². The smallest absolute Gasteiger partial charge is 0.320 e. The number of esters is 1. The number of methoxy groups -OCH3 is 4. The number of fused-ring (bicyclic) bond motifs is 8. The third kappa shape index (κ3) is 4.37. The van der Waals surface area contributed by atoms with Gasteiger partial charge in [0.2, 0.25) is 0 Å². The van der Waals surface area contributed by atoms with E-state index in [4.69, 9.17) is 23.7 Å². The Morgan fingerprint density at radius 3 is 1.94 bits per heavy atom. The predicted octanol–water partition coefficient (Wildman–Crippen LogP) is 9.34. The van der Waals surface area contributed by atoms with Crippen LogP contribution in [0.3, 0.4) is 0 Å². The average molecular weight is 661 g/mol. The van der Waals surface area contributed by atoms with Crippen LogP contribution >= 0.6 is 0 Å². The Morgan fingerprint density at radius 2 is 1.30 bits per heavy atom. The predicted molar refractivity (Wildman–Crippen MR) is 196 cm³/mol. The van der Waals surface area contributed by atoms with Gasteiger partial charge in [-0.1, -0.05) is 84.9 Å². The fraction of sp³-hybridized carbons (Fsp3) is 0.159. The van der Waals surface area contributed by atoms with Crippen LogP contribution in [0.5, 0.6) is 23.0 Å². The maximum Gasteiger partial charge on any atom is 0.320 e. The number of benzene rings is 6. The van der Waals surface area contributed by atoms with E-state index in [1.807, 2.05) is 91.9 Å². The molecule has 6 heteroatoms. The maximum absolute atomic E-state index is 14.2. The van der Waals surface area contributed by atoms with E-state index in [1.54, 1.807) is 21.3 Å². The van der Waals surface area contributed by atoms with Crippen LogP contribution in [0.1, 0.15) is 34.7 Å². The molecule has 0 N–H and O–H groups in total. The molecule has 0 saturated carbocycles. The number of carbonyl (C=O) groups excluding carboxylic acids is 1. The summed E-state index contributed by atoms with van der Waals surface area (Å²) in [6.45, 7) is 1.96. The molecule has 1 unspecified atom stereocenters. The molecule has 6 aromatic rings. The molecule has 0 amide bonds. The molecule has 0 bridgehead atoms. The van der Waals surface area contributed by atoms with Crippen molar-refractivity contribution in [2.45, 2.75) is 17.9 Å². The fourth-order valence-electron chi connectivity index (χ4n) is 7.92. The largest absolute Gasteiger partial charge is 0.497 e. The highest BCUT2D eigenvalue weighted by Crippen LogP contribution is 2.60. The SMILES string of the molecule is COC(=O)C1(C)c2cc(-c3ccccc3)ccc2-c2c1c1c(c3ccc(OC)cc23)OC(c2ccccc2OC)(c2ccccc2OC)C=C1. The monoisotopic (exact) mass is 660 g/mol. The highest BCUT2D eigenvalue weighted by molar-refractivity contribution is 6.13. The molecular formula is C44H36O6. The Hall–Kier alpha value is -6.01. The molecule has 0 spiro atoms. The van der Waals surface area contributed by atoms with E-state index in [0.29, 0.717) is 23.0 Å². The van der Waals surface area contributed by atoms with E-state index in [9.17, 15) is 4.79 Å².